The molecule has 0 unspecified atom stereocenters. The number of ether oxygens (including phenoxy) is 1. The molecule has 0 aromatic carbocycles. The summed E-state index contributed by atoms with van der Waals surface area (Å²) < 4.78 is 5.16. The third-order valence-corrected chi connectivity index (χ3v) is 2.12. The molecule has 1 fully saturated rings. The van der Waals surface area contributed by atoms with Gasteiger partial charge in [0.15, 0.2) is 0 Å². The lowest BCUT2D eigenvalue weighted by atomic mass is 10.3. The molecule has 0 aliphatic heterocycles. The molecular formula is C10H19NO2. The Bertz CT molecular complexity index is 164. The second-order valence-corrected chi connectivity index (χ2v) is 3.94. The summed E-state index contributed by atoms with van der Waals surface area (Å²) >= 11 is 0. The van der Waals surface area contributed by atoms with Gasteiger partial charge in [-0.25, -0.2) is 0 Å². The summed E-state index contributed by atoms with van der Waals surface area (Å²) in [5.74, 6) is 0.890. The maximum atomic E-state index is 11.1. The average molecular weight is 185 g/mol. The highest BCUT2D eigenvalue weighted by atomic mass is 16.5. The van der Waals surface area contributed by atoms with Gasteiger partial charge in [-0.3, -0.25) is 4.79 Å². The zero-order chi connectivity index (χ0) is 9.68. The number of carbonyl (C=O) groups is 1. The van der Waals surface area contributed by atoms with E-state index in [2.05, 4.69) is 5.32 Å². The molecule has 1 amide bonds. The molecule has 3 nitrogen and oxygen atoms in total. The molecule has 1 N–H and O–H groups in total. The van der Waals surface area contributed by atoms with Crippen LogP contribution in [-0.4, -0.2) is 25.2 Å². The smallest absolute Gasteiger partial charge is 0.246 e. The van der Waals surface area contributed by atoms with Gasteiger partial charge in [-0.2, -0.15) is 0 Å². The molecule has 0 heterocycles. The van der Waals surface area contributed by atoms with Crippen molar-refractivity contribution in [2.45, 2.75) is 39.2 Å². The minimum absolute atomic E-state index is 0.00866. The Labute approximate surface area is 79.8 Å². The summed E-state index contributed by atoms with van der Waals surface area (Å²) in [5, 5.41) is 2.85. The van der Waals surface area contributed by atoms with Gasteiger partial charge in [0.25, 0.3) is 0 Å². The van der Waals surface area contributed by atoms with Gasteiger partial charge < -0.3 is 10.1 Å². The van der Waals surface area contributed by atoms with Crippen molar-refractivity contribution in [1.29, 1.82) is 0 Å². The summed E-state index contributed by atoms with van der Waals surface area (Å²) in [6.07, 6.45) is 3.96. The first-order valence-electron chi connectivity index (χ1n) is 5.07. The van der Waals surface area contributed by atoms with Crippen molar-refractivity contribution in [1.82, 2.24) is 5.32 Å². The highest BCUT2D eigenvalue weighted by molar-refractivity contribution is 5.77. The van der Waals surface area contributed by atoms with E-state index in [9.17, 15) is 4.79 Å². The molecule has 76 valence electrons. The Hall–Kier alpha value is -0.570. The molecular weight excluding hydrogens is 166 g/mol. The van der Waals surface area contributed by atoms with Gasteiger partial charge in [0.05, 0.1) is 6.10 Å². The van der Waals surface area contributed by atoms with E-state index in [1.54, 1.807) is 0 Å². The lowest BCUT2D eigenvalue weighted by Gasteiger charge is -2.07. The van der Waals surface area contributed by atoms with Crippen LogP contribution in [0.1, 0.15) is 33.1 Å². The van der Waals surface area contributed by atoms with Gasteiger partial charge >= 0.3 is 0 Å². The molecule has 3 heteroatoms. The zero-order valence-electron chi connectivity index (χ0n) is 8.51. The number of nitrogens with one attached hydrogen (secondary N) is 1. The van der Waals surface area contributed by atoms with Crippen molar-refractivity contribution < 1.29 is 9.53 Å². The number of rotatable bonds is 6. The minimum Gasteiger partial charge on any atom is -0.369 e. The summed E-state index contributed by atoms with van der Waals surface area (Å²) in [6.45, 7) is 4.86. The van der Waals surface area contributed by atoms with E-state index in [0.717, 1.165) is 18.9 Å². The van der Waals surface area contributed by atoms with Crippen LogP contribution in [0.5, 0.6) is 0 Å². The topological polar surface area (TPSA) is 38.3 Å². The normalized spacial score (nSPS) is 16.2. The number of carbonyl (C=O) groups excluding carboxylic acids is 1. The molecule has 1 aliphatic carbocycles. The Morgan fingerprint density at radius 2 is 2.23 bits per heavy atom. The molecule has 0 spiro atoms. The van der Waals surface area contributed by atoms with Crippen molar-refractivity contribution in [3.05, 3.63) is 0 Å². The lowest BCUT2D eigenvalue weighted by Crippen LogP contribution is -2.29. The Balaban J connectivity index is 1.90. The average Bonchev–Trinajstić information content (AvgIpc) is 2.84. The second-order valence-electron chi connectivity index (χ2n) is 3.94. The molecule has 1 aliphatic rings. The van der Waals surface area contributed by atoms with Crippen molar-refractivity contribution in [3.63, 3.8) is 0 Å². The van der Waals surface area contributed by atoms with E-state index < -0.39 is 0 Å². The maximum Gasteiger partial charge on any atom is 0.246 e. The van der Waals surface area contributed by atoms with Gasteiger partial charge in [-0.05, 0) is 26.2 Å². The molecule has 1 rings (SSSR count). The molecule has 0 saturated heterocycles. The van der Waals surface area contributed by atoms with E-state index in [0.29, 0.717) is 0 Å². The third kappa shape index (κ3) is 5.64. The van der Waals surface area contributed by atoms with Crippen molar-refractivity contribution >= 4 is 5.91 Å². The monoisotopic (exact) mass is 185 g/mol. The maximum absolute atomic E-state index is 11.1. The van der Waals surface area contributed by atoms with Gasteiger partial charge in [-0.15, -0.1) is 0 Å². The lowest BCUT2D eigenvalue weighted by molar-refractivity contribution is -0.127. The quantitative estimate of drug-likeness (QED) is 0.678. The first kappa shape index (κ1) is 10.5. The van der Waals surface area contributed by atoms with E-state index in [1.165, 1.54) is 12.8 Å². The van der Waals surface area contributed by atoms with Crippen LogP contribution >= 0.6 is 0 Å². The Morgan fingerprint density at radius 1 is 1.54 bits per heavy atom. The molecule has 0 aromatic heterocycles. The Kier molecular flexibility index (Phi) is 4.22. The van der Waals surface area contributed by atoms with Crippen molar-refractivity contribution in [2.24, 2.45) is 5.92 Å². The van der Waals surface area contributed by atoms with Crippen LogP contribution in [0.2, 0.25) is 0 Å². The highest BCUT2D eigenvalue weighted by Crippen LogP contribution is 2.31. The van der Waals surface area contributed by atoms with Gasteiger partial charge in [0.1, 0.15) is 6.61 Å². The predicted octanol–water partition coefficient (Wildman–Crippen LogP) is 1.33. The fourth-order valence-corrected chi connectivity index (χ4v) is 1.12. The van der Waals surface area contributed by atoms with Crippen LogP contribution in [0.4, 0.5) is 0 Å². The molecule has 1 saturated carbocycles. The highest BCUT2D eigenvalue weighted by Gasteiger charge is 2.20. The number of amides is 1. The van der Waals surface area contributed by atoms with Crippen LogP contribution in [0.3, 0.4) is 0 Å². The van der Waals surface area contributed by atoms with E-state index >= 15 is 0 Å². The number of hydrogen-bond acceptors (Lipinski definition) is 2. The van der Waals surface area contributed by atoms with Gasteiger partial charge in [0.2, 0.25) is 5.91 Å². The molecule has 0 aromatic rings. The first-order chi connectivity index (χ1) is 6.18. The second kappa shape index (κ2) is 5.22. The van der Waals surface area contributed by atoms with Crippen molar-refractivity contribution in [2.75, 3.05) is 13.2 Å². The van der Waals surface area contributed by atoms with E-state index in [1.807, 2.05) is 13.8 Å². The van der Waals surface area contributed by atoms with E-state index in [4.69, 9.17) is 4.74 Å². The summed E-state index contributed by atoms with van der Waals surface area (Å²) in [5.41, 5.74) is 0. The van der Waals surface area contributed by atoms with Crippen LogP contribution in [0.25, 0.3) is 0 Å². The summed E-state index contributed by atoms with van der Waals surface area (Å²) in [6, 6.07) is 0. The van der Waals surface area contributed by atoms with E-state index in [-0.39, 0.29) is 18.6 Å². The number of hydrogen-bond donors (Lipinski definition) is 1. The molecule has 0 radical (unpaired) electrons. The third-order valence-electron chi connectivity index (χ3n) is 2.12. The standard InChI is InChI=1S/C10H19NO2/c1-8(2)13-7-10(12)11-6-5-9-3-4-9/h8-9H,3-7H2,1-2H3,(H,11,12). The van der Waals surface area contributed by atoms with Crippen LogP contribution in [-0.2, 0) is 9.53 Å². The molecule has 0 bridgehead atoms. The molecule has 0 atom stereocenters. The van der Waals surface area contributed by atoms with Gasteiger partial charge in [0, 0.05) is 6.54 Å². The fourth-order valence-electron chi connectivity index (χ4n) is 1.12. The van der Waals surface area contributed by atoms with Crippen LogP contribution < -0.4 is 5.32 Å². The Morgan fingerprint density at radius 3 is 2.77 bits per heavy atom. The molecule has 13 heavy (non-hydrogen) atoms. The first-order valence-corrected chi connectivity index (χ1v) is 5.07. The zero-order valence-corrected chi connectivity index (χ0v) is 8.51. The SMILES string of the molecule is CC(C)OCC(=O)NCCC1CC1. The largest absolute Gasteiger partial charge is 0.369 e. The van der Waals surface area contributed by atoms with Crippen LogP contribution in [0, 0.1) is 5.92 Å². The fraction of sp³-hybridized carbons (Fsp3) is 0.900. The summed E-state index contributed by atoms with van der Waals surface area (Å²) in [7, 11) is 0. The predicted molar refractivity (Wildman–Crippen MR) is 51.4 cm³/mol. The van der Waals surface area contributed by atoms with Gasteiger partial charge in [-0.1, -0.05) is 12.8 Å². The minimum atomic E-state index is 0.00866. The van der Waals surface area contributed by atoms with Crippen LogP contribution in [0.15, 0.2) is 0 Å². The van der Waals surface area contributed by atoms with Crippen molar-refractivity contribution in [3.8, 4) is 0 Å². The summed E-state index contributed by atoms with van der Waals surface area (Å²) in [4.78, 5) is 11.1.